The highest BCUT2D eigenvalue weighted by molar-refractivity contribution is 7.10. The van der Waals surface area contributed by atoms with E-state index in [1.54, 1.807) is 18.2 Å². The third-order valence-electron chi connectivity index (χ3n) is 6.02. The number of amides is 2. The number of carbonyl (C=O) groups excluding carboxylic acids is 2. The first kappa shape index (κ1) is 22.1. The van der Waals surface area contributed by atoms with E-state index in [1.807, 2.05) is 0 Å². The molecule has 2 fully saturated rings. The van der Waals surface area contributed by atoms with Gasteiger partial charge in [0.05, 0.1) is 12.6 Å². The van der Waals surface area contributed by atoms with E-state index in [2.05, 4.69) is 24.9 Å². The molecule has 166 valence electrons. The van der Waals surface area contributed by atoms with Crippen molar-refractivity contribution in [2.24, 2.45) is 0 Å². The van der Waals surface area contributed by atoms with Gasteiger partial charge in [-0.2, -0.15) is 4.37 Å². The molecule has 31 heavy (non-hydrogen) atoms. The van der Waals surface area contributed by atoms with Gasteiger partial charge in [-0.15, -0.1) is 0 Å². The van der Waals surface area contributed by atoms with Crippen LogP contribution < -0.4 is 10.6 Å². The molecule has 0 spiro atoms. The molecule has 0 radical (unpaired) electrons. The second-order valence-electron chi connectivity index (χ2n) is 8.15. The fourth-order valence-corrected chi connectivity index (χ4v) is 5.00. The maximum atomic E-state index is 12.7. The van der Waals surface area contributed by atoms with Crippen molar-refractivity contribution < 1.29 is 14.0 Å². The number of nitrogens with one attached hydrogen (secondary N) is 2. The Hall–Kier alpha value is -2.10. The van der Waals surface area contributed by atoms with E-state index in [9.17, 15) is 14.0 Å². The molecular weight excluding hydrogens is 441 g/mol. The van der Waals surface area contributed by atoms with E-state index in [0.29, 0.717) is 27.6 Å². The number of benzene rings is 1. The third-order valence-corrected chi connectivity index (χ3v) is 6.83. The summed E-state index contributed by atoms with van der Waals surface area (Å²) in [5.41, 5.74) is 0.788. The average Bonchev–Trinajstić information content (AvgIpc) is 3.20. The quantitative estimate of drug-likeness (QED) is 0.656. The molecule has 4 rings (SSSR count). The van der Waals surface area contributed by atoms with Gasteiger partial charge in [0.1, 0.15) is 12.5 Å². The maximum absolute atomic E-state index is 12.7. The molecule has 10 heteroatoms. The van der Waals surface area contributed by atoms with Gasteiger partial charge in [0.25, 0.3) is 5.91 Å². The van der Waals surface area contributed by atoms with E-state index in [0.717, 1.165) is 44.6 Å². The molecule has 1 aliphatic heterocycles. The maximum Gasteiger partial charge on any atom is 0.251 e. The average molecular weight is 466 g/mol. The summed E-state index contributed by atoms with van der Waals surface area (Å²) in [6, 6.07) is 6.97. The molecule has 1 saturated heterocycles. The fourth-order valence-electron chi connectivity index (χ4n) is 4.32. The minimum atomic E-state index is -0.627. The molecule has 1 saturated carbocycles. The highest BCUT2D eigenvalue weighted by atomic mass is 35.5. The lowest BCUT2D eigenvalue weighted by atomic mass is 9.83. The predicted molar refractivity (Wildman–Crippen MR) is 117 cm³/mol. The topological polar surface area (TPSA) is 87.2 Å². The molecule has 2 N–H and O–H groups in total. The first-order valence-electron chi connectivity index (χ1n) is 10.5. The van der Waals surface area contributed by atoms with Crippen LogP contribution in [0.5, 0.6) is 0 Å². The van der Waals surface area contributed by atoms with E-state index in [1.165, 1.54) is 17.6 Å². The van der Waals surface area contributed by atoms with Crippen LogP contribution in [0.3, 0.4) is 0 Å². The molecule has 2 aliphatic rings. The zero-order chi connectivity index (χ0) is 21.8. The molecule has 2 amide bonds. The summed E-state index contributed by atoms with van der Waals surface area (Å²) in [7, 11) is 0. The van der Waals surface area contributed by atoms with E-state index in [-0.39, 0.29) is 24.4 Å². The Morgan fingerprint density at radius 3 is 2.68 bits per heavy atom. The number of aromatic nitrogens is 2. The summed E-state index contributed by atoms with van der Waals surface area (Å²) in [6.45, 7) is 0.934. The number of carbonyl (C=O) groups is 2. The lowest BCUT2D eigenvalue weighted by Gasteiger charge is -2.46. The predicted octanol–water partition coefficient (Wildman–Crippen LogP) is 2.92. The van der Waals surface area contributed by atoms with Crippen LogP contribution >= 0.6 is 23.1 Å². The van der Waals surface area contributed by atoms with Gasteiger partial charge >= 0.3 is 0 Å². The molecule has 0 atom stereocenters. The van der Waals surface area contributed by atoms with Crippen molar-refractivity contribution >= 4 is 34.9 Å². The number of halogens is 2. The summed E-state index contributed by atoms with van der Waals surface area (Å²) in [4.78, 5) is 31.0. The normalized spacial score (nSPS) is 22.0. The van der Waals surface area contributed by atoms with Crippen LogP contribution in [0.1, 0.15) is 53.3 Å². The van der Waals surface area contributed by atoms with Crippen molar-refractivity contribution in [3.05, 3.63) is 45.7 Å². The molecule has 1 aromatic carbocycles. The van der Waals surface area contributed by atoms with Gasteiger partial charge < -0.3 is 10.6 Å². The lowest BCUT2D eigenvalue weighted by molar-refractivity contribution is -0.122. The van der Waals surface area contributed by atoms with Crippen molar-refractivity contribution in [1.29, 1.82) is 0 Å². The second kappa shape index (κ2) is 10.0. The first-order chi connectivity index (χ1) is 15.0. The summed E-state index contributed by atoms with van der Waals surface area (Å²) in [5, 5.41) is 5.56. The third kappa shape index (κ3) is 5.58. The molecule has 0 bridgehead atoms. The fraction of sp³-hybridized carbons (Fsp3) is 0.524. The zero-order valence-electron chi connectivity index (χ0n) is 17.0. The van der Waals surface area contributed by atoms with Crippen LogP contribution in [0.4, 0.5) is 4.39 Å². The Kier molecular flexibility index (Phi) is 7.14. The lowest BCUT2D eigenvalue weighted by Crippen LogP contribution is -2.63. The van der Waals surface area contributed by atoms with Gasteiger partial charge in [-0.25, -0.2) is 9.37 Å². The number of hydrogen-bond donors (Lipinski definition) is 2. The van der Waals surface area contributed by atoms with Crippen LogP contribution in [-0.2, 0) is 11.5 Å². The molecule has 1 aliphatic carbocycles. The Labute approximate surface area is 189 Å². The molecular formula is C21H25ClFN5O2S. The molecule has 0 unspecified atom stereocenters. The van der Waals surface area contributed by atoms with Crippen LogP contribution in [-0.4, -0.2) is 57.8 Å². The van der Waals surface area contributed by atoms with Gasteiger partial charge in [0.2, 0.25) is 10.4 Å². The van der Waals surface area contributed by atoms with E-state index in [4.69, 9.17) is 11.6 Å². The standard InChI is InChI=1S/C21H25ClFN5O2S/c22-21-26-19(27-31-21)14-4-6-17(7-5-14)28-11-16(12-28)25-18(29)10-24-20(30)15-3-1-2-13(8-15)9-23/h1-3,8,14,16-17H,4-7,9-12H2,(H,24,30)(H,25,29). The molecule has 1 aromatic heterocycles. The van der Waals surface area contributed by atoms with Crippen LogP contribution in [0, 0.1) is 0 Å². The monoisotopic (exact) mass is 465 g/mol. The highest BCUT2D eigenvalue weighted by Gasteiger charge is 2.36. The van der Waals surface area contributed by atoms with E-state index >= 15 is 0 Å². The van der Waals surface area contributed by atoms with Crippen molar-refractivity contribution in [2.75, 3.05) is 19.6 Å². The summed E-state index contributed by atoms with van der Waals surface area (Å²) >= 11 is 7.14. The largest absolute Gasteiger partial charge is 0.349 e. The van der Waals surface area contributed by atoms with Gasteiger partial charge in [0.15, 0.2) is 0 Å². The van der Waals surface area contributed by atoms with Crippen molar-refractivity contribution in [2.45, 2.75) is 50.4 Å². The Morgan fingerprint density at radius 1 is 1.23 bits per heavy atom. The SMILES string of the molecule is O=C(CNC(=O)c1cccc(CF)c1)NC1CN(C2CCC(c3nsc(Cl)n3)CC2)C1. The Balaban J connectivity index is 1.14. The number of rotatable bonds is 7. The van der Waals surface area contributed by atoms with Crippen molar-refractivity contribution in [3.63, 3.8) is 0 Å². The van der Waals surface area contributed by atoms with Crippen molar-refractivity contribution in [1.82, 2.24) is 24.9 Å². The summed E-state index contributed by atoms with van der Waals surface area (Å²) in [6.07, 6.45) is 4.30. The number of alkyl halides is 1. The van der Waals surface area contributed by atoms with Gasteiger partial charge in [-0.3, -0.25) is 14.5 Å². The molecule has 7 nitrogen and oxygen atoms in total. The highest BCUT2D eigenvalue weighted by Crippen LogP contribution is 2.35. The summed E-state index contributed by atoms with van der Waals surface area (Å²) < 4.78 is 17.6. The number of nitrogens with zero attached hydrogens (tertiary/aromatic N) is 3. The second-order valence-corrected chi connectivity index (χ2v) is 9.48. The summed E-state index contributed by atoms with van der Waals surface area (Å²) in [5.74, 6) is 0.676. The van der Waals surface area contributed by atoms with Crippen LogP contribution in [0.2, 0.25) is 4.47 Å². The molecule has 2 aromatic rings. The Bertz CT molecular complexity index is 928. The number of hydrogen-bond acceptors (Lipinski definition) is 6. The van der Waals surface area contributed by atoms with Crippen LogP contribution in [0.15, 0.2) is 24.3 Å². The van der Waals surface area contributed by atoms with Gasteiger partial charge in [-0.05, 0) is 66.5 Å². The minimum Gasteiger partial charge on any atom is -0.349 e. The minimum absolute atomic E-state index is 0.0938. The van der Waals surface area contributed by atoms with Crippen molar-refractivity contribution in [3.8, 4) is 0 Å². The molecule has 2 heterocycles. The van der Waals surface area contributed by atoms with Crippen LogP contribution in [0.25, 0.3) is 0 Å². The van der Waals surface area contributed by atoms with E-state index < -0.39 is 6.67 Å². The van der Waals surface area contributed by atoms with Gasteiger partial charge in [0, 0.05) is 30.6 Å². The number of likely N-dealkylation sites (tertiary alicyclic amines) is 1. The first-order valence-corrected chi connectivity index (χ1v) is 11.6. The smallest absolute Gasteiger partial charge is 0.251 e. The zero-order valence-corrected chi connectivity index (χ0v) is 18.6. The van der Waals surface area contributed by atoms with Gasteiger partial charge in [-0.1, -0.05) is 12.1 Å². The Morgan fingerprint density at radius 2 is 2.00 bits per heavy atom.